The fraction of sp³-hybridized carbons (Fsp3) is 0.600. The van der Waals surface area contributed by atoms with Crippen LogP contribution in [0.5, 0.6) is 0 Å². The molecule has 3 N–H and O–H groups in total. The summed E-state index contributed by atoms with van der Waals surface area (Å²) in [7, 11) is 0. The van der Waals surface area contributed by atoms with Crippen LogP contribution in [0.25, 0.3) is 0 Å². The van der Waals surface area contributed by atoms with Gasteiger partial charge in [-0.2, -0.15) is 0 Å². The minimum absolute atomic E-state index is 0.0274. The average Bonchev–Trinajstić information content (AvgIpc) is 3.08. The summed E-state index contributed by atoms with van der Waals surface area (Å²) in [6, 6.07) is 5.70. The number of aryl methyl sites for hydroxylation is 2. The van der Waals surface area contributed by atoms with E-state index in [1.54, 1.807) is 0 Å². The first-order chi connectivity index (χ1) is 13.4. The molecular formula is C20H27N3O4S. The number of anilines is 1. The number of thioether (sulfide) groups is 1. The first-order valence-electron chi connectivity index (χ1n) is 9.75. The highest BCUT2D eigenvalue weighted by atomic mass is 32.2. The third-order valence-electron chi connectivity index (χ3n) is 5.60. The number of nitrogens with one attached hydrogen (secondary N) is 1. The quantitative estimate of drug-likeness (QED) is 0.684. The lowest BCUT2D eigenvalue weighted by atomic mass is 9.80. The van der Waals surface area contributed by atoms with Crippen LogP contribution in [0.3, 0.4) is 0 Å². The molecular weight excluding hydrogens is 378 g/mol. The summed E-state index contributed by atoms with van der Waals surface area (Å²) in [5.74, 6) is -0.339. The summed E-state index contributed by atoms with van der Waals surface area (Å²) in [6.45, 7) is 6.31. The van der Waals surface area contributed by atoms with Gasteiger partial charge in [0.1, 0.15) is 6.10 Å². The number of hydrogen-bond acceptors (Lipinski definition) is 7. The van der Waals surface area contributed by atoms with E-state index in [2.05, 4.69) is 16.4 Å². The Bertz CT molecular complexity index is 760. The maximum absolute atomic E-state index is 13.1. The van der Waals surface area contributed by atoms with E-state index in [-0.39, 0.29) is 23.5 Å². The molecule has 28 heavy (non-hydrogen) atoms. The number of carbonyl (C=O) groups excluding carboxylic acids is 1. The molecule has 0 aromatic heterocycles. The lowest BCUT2D eigenvalue weighted by Crippen LogP contribution is -2.55. The fourth-order valence-corrected chi connectivity index (χ4v) is 5.65. The standard InChI is InChI=1S/C20H27N3O4S/c1-11-7-12(2)9-13(8-11)21-20-22-16-17(25)15(24)10-14(18(16)28-20)19(26)23-3-5-27-6-4-23/h7-9,14-18,24-25H,3-6,10H2,1-2H3,(H,21,22)/t14-,15+,16+,17-,18+/m0/s1. The van der Waals surface area contributed by atoms with Gasteiger partial charge in [0, 0.05) is 24.0 Å². The number of aliphatic hydroxyl groups is 2. The molecule has 1 amide bonds. The molecule has 2 heterocycles. The molecule has 1 aromatic carbocycles. The van der Waals surface area contributed by atoms with Crippen LogP contribution < -0.4 is 5.32 Å². The van der Waals surface area contributed by atoms with Gasteiger partial charge < -0.3 is 25.2 Å². The van der Waals surface area contributed by atoms with E-state index >= 15 is 0 Å². The predicted molar refractivity (Wildman–Crippen MR) is 110 cm³/mol. The number of amides is 1. The van der Waals surface area contributed by atoms with Gasteiger partial charge >= 0.3 is 0 Å². The summed E-state index contributed by atoms with van der Waals surface area (Å²) in [4.78, 5) is 19.5. The Morgan fingerprint density at radius 2 is 1.89 bits per heavy atom. The number of morpholine rings is 1. The van der Waals surface area contributed by atoms with Crippen LogP contribution in [-0.2, 0) is 9.53 Å². The van der Waals surface area contributed by atoms with Gasteiger partial charge in [-0.15, -0.1) is 0 Å². The second kappa shape index (κ2) is 8.02. The van der Waals surface area contributed by atoms with Crippen molar-refractivity contribution in [2.75, 3.05) is 31.6 Å². The number of amidine groups is 1. The van der Waals surface area contributed by atoms with Gasteiger partial charge in [0.25, 0.3) is 0 Å². The number of fused-ring (bicyclic) bond motifs is 1. The summed E-state index contributed by atoms with van der Waals surface area (Å²) in [6.07, 6.45) is -1.64. The molecule has 4 rings (SSSR count). The summed E-state index contributed by atoms with van der Waals surface area (Å²) < 4.78 is 5.34. The van der Waals surface area contributed by atoms with Crippen molar-refractivity contribution in [2.24, 2.45) is 10.9 Å². The Kier molecular flexibility index (Phi) is 5.64. The molecule has 2 fully saturated rings. The van der Waals surface area contributed by atoms with Crippen molar-refractivity contribution in [3.8, 4) is 0 Å². The number of aliphatic imine (C=N–C) groups is 1. The highest BCUT2D eigenvalue weighted by Crippen LogP contribution is 2.42. The molecule has 0 bridgehead atoms. The van der Waals surface area contributed by atoms with Crippen LogP contribution in [-0.4, -0.2) is 76.0 Å². The lowest BCUT2D eigenvalue weighted by molar-refractivity contribution is -0.144. The molecule has 1 saturated carbocycles. The fourth-order valence-electron chi connectivity index (χ4n) is 4.28. The Morgan fingerprint density at radius 3 is 2.57 bits per heavy atom. The first kappa shape index (κ1) is 19.7. The van der Waals surface area contributed by atoms with E-state index in [9.17, 15) is 15.0 Å². The zero-order chi connectivity index (χ0) is 19.8. The van der Waals surface area contributed by atoms with Gasteiger partial charge in [-0.1, -0.05) is 17.8 Å². The maximum Gasteiger partial charge on any atom is 0.227 e. The third kappa shape index (κ3) is 3.91. The average molecular weight is 406 g/mol. The van der Waals surface area contributed by atoms with Crippen LogP contribution in [0.2, 0.25) is 0 Å². The maximum atomic E-state index is 13.1. The van der Waals surface area contributed by atoms with Crippen molar-refractivity contribution in [3.63, 3.8) is 0 Å². The number of hydrogen-bond donors (Lipinski definition) is 3. The Balaban J connectivity index is 1.52. The zero-order valence-corrected chi connectivity index (χ0v) is 17.0. The highest BCUT2D eigenvalue weighted by Gasteiger charge is 2.51. The number of ether oxygens (including phenoxy) is 1. The number of rotatable bonds is 2. The van der Waals surface area contributed by atoms with Gasteiger partial charge in [-0.3, -0.25) is 9.79 Å². The number of nitrogens with zero attached hydrogens (tertiary/aromatic N) is 2. The molecule has 2 aliphatic heterocycles. The van der Waals surface area contributed by atoms with Crippen LogP contribution in [0, 0.1) is 19.8 Å². The normalized spacial score (nSPS) is 32.6. The van der Waals surface area contributed by atoms with E-state index in [4.69, 9.17) is 4.74 Å². The molecule has 5 atom stereocenters. The zero-order valence-electron chi connectivity index (χ0n) is 16.2. The molecule has 3 aliphatic rings. The summed E-state index contributed by atoms with van der Waals surface area (Å²) in [5, 5.41) is 24.7. The summed E-state index contributed by atoms with van der Waals surface area (Å²) >= 11 is 1.50. The minimum Gasteiger partial charge on any atom is -0.390 e. The van der Waals surface area contributed by atoms with Crippen molar-refractivity contribution in [2.45, 2.75) is 43.8 Å². The van der Waals surface area contributed by atoms with Gasteiger partial charge in [0.15, 0.2) is 5.17 Å². The van der Waals surface area contributed by atoms with E-state index in [0.29, 0.717) is 31.5 Å². The SMILES string of the molecule is Cc1cc(C)cc(NC2=N[C@@H]3[C@@H](O)[C@H](O)C[C@H](C(=O)N4CCOCC4)[C@H]3S2)c1. The molecule has 7 nitrogen and oxygen atoms in total. The van der Waals surface area contributed by atoms with E-state index in [0.717, 1.165) is 16.8 Å². The highest BCUT2D eigenvalue weighted by molar-refractivity contribution is 8.15. The number of aliphatic hydroxyl groups excluding tert-OH is 2. The molecule has 152 valence electrons. The molecule has 1 saturated heterocycles. The van der Waals surface area contributed by atoms with Gasteiger partial charge in [0.05, 0.1) is 31.3 Å². The van der Waals surface area contributed by atoms with Crippen LogP contribution in [0.4, 0.5) is 5.69 Å². The first-order valence-corrected chi connectivity index (χ1v) is 10.6. The monoisotopic (exact) mass is 405 g/mol. The molecule has 0 radical (unpaired) electrons. The molecule has 0 unspecified atom stereocenters. The van der Waals surface area contributed by atoms with Gasteiger partial charge in [-0.05, 0) is 43.5 Å². The van der Waals surface area contributed by atoms with Gasteiger partial charge in [0.2, 0.25) is 5.91 Å². The minimum atomic E-state index is -0.954. The third-order valence-corrected chi connectivity index (χ3v) is 6.91. The topological polar surface area (TPSA) is 94.4 Å². The predicted octanol–water partition coefficient (Wildman–Crippen LogP) is 1.16. The lowest BCUT2D eigenvalue weighted by Gasteiger charge is -2.40. The Morgan fingerprint density at radius 1 is 1.21 bits per heavy atom. The molecule has 1 aromatic rings. The van der Waals surface area contributed by atoms with Crippen LogP contribution >= 0.6 is 11.8 Å². The van der Waals surface area contributed by atoms with Crippen molar-refractivity contribution in [1.29, 1.82) is 0 Å². The van der Waals surface area contributed by atoms with Crippen molar-refractivity contribution < 1.29 is 19.7 Å². The van der Waals surface area contributed by atoms with E-state index in [1.165, 1.54) is 11.8 Å². The van der Waals surface area contributed by atoms with Crippen LogP contribution in [0.15, 0.2) is 23.2 Å². The Labute approximate surface area is 169 Å². The Hall–Kier alpha value is -1.61. The van der Waals surface area contributed by atoms with Crippen molar-refractivity contribution >= 4 is 28.5 Å². The van der Waals surface area contributed by atoms with Gasteiger partial charge in [-0.25, -0.2) is 0 Å². The molecule has 8 heteroatoms. The molecule has 1 aliphatic carbocycles. The second-order valence-corrected chi connectivity index (χ2v) is 9.01. The van der Waals surface area contributed by atoms with Crippen LogP contribution in [0.1, 0.15) is 17.5 Å². The number of carbonyl (C=O) groups is 1. The summed E-state index contributed by atoms with van der Waals surface area (Å²) in [5.41, 5.74) is 3.24. The number of benzene rings is 1. The van der Waals surface area contributed by atoms with E-state index < -0.39 is 18.2 Å². The van der Waals surface area contributed by atoms with Crippen molar-refractivity contribution in [1.82, 2.24) is 4.90 Å². The largest absolute Gasteiger partial charge is 0.390 e. The van der Waals surface area contributed by atoms with E-state index in [1.807, 2.05) is 30.9 Å². The second-order valence-electron chi connectivity index (χ2n) is 7.85. The molecule has 0 spiro atoms. The smallest absolute Gasteiger partial charge is 0.227 e. The van der Waals surface area contributed by atoms with Crippen molar-refractivity contribution in [3.05, 3.63) is 29.3 Å².